The molecule has 0 saturated heterocycles. The van der Waals surface area contributed by atoms with Gasteiger partial charge in [0.05, 0.1) is 6.61 Å². The lowest BCUT2D eigenvalue weighted by atomic mass is 10.2. The fraction of sp³-hybridized carbons (Fsp3) is 0.583. The predicted molar refractivity (Wildman–Crippen MR) is 63.6 cm³/mol. The van der Waals surface area contributed by atoms with Gasteiger partial charge in [-0.25, -0.2) is 4.98 Å². The average molecular weight is 228 g/mol. The Morgan fingerprint density at radius 3 is 2.73 bits per heavy atom. The molecule has 0 unspecified atom stereocenters. The van der Waals surface area contributed by atoms with Crippen LogP contribution in [-0.4, -0.2) is 11.6 Å². The van der Waals surface area contributed by atoms with Gasteiger partial charge in [0.25, 0.3) is 0 Å². The summed E-state index contributed by atoms with van der Waals surface area (Å²) in [5, 5.41) is 0. The number of unbranched alkanes of at least 4 members (excludes halogenated alkanes) is 1. The van der Waals surface area contributed by atoms with E-state index in [1.54, 1.807) is 0 Å². The largest absolute Gasteiger partial charge is 0.478 e. The summed E-state index contributed by atoms with van der Waals surface area (Å²) in [5.74, 6) is 1.22. The third kappa shape index (κ3) is 4.08. The fourth-order valence-electron chi connectivity index (χ4n) is 1.27. The van der Waals surface area contributed by atoms with Crippen molar-refractivity contribution in [3.63, 3.8) is 0 Å². The maximum absolute atomic E-state index is 5.81. The first-order valence-corrected chi connectivity index (χ1v) is 6.02. The number of halogens is 1. The summed E-state index contributed by atoms with van der Waals surface area (Å²) in [6, 6.07) is 3.95. The molecule has 15 heavy (non-hydrogen) atoms. The van der Waals surface area contributed by atoms with Crippen LogP contribution >= 0.6 is 11.6 Å². The Kier molecular flexibility index (Phi) is 5.48. The van der Waals surface area contributed by atoms with E-state index in [1.165, 1.54) is 0 Å². The van der Waals surface area contributed by atoms with Crippen molar-refractivity contribution in [1.29, 1.82) is 0 Å². The second-order valence-corrected chi connectivity index (χ2v) is 3.76. The Balaban J connectivity index is 2.68. The zero-order valence-electron chi connectivity index (χ0n) is 9.42. The minimum Gasteiger partial charge on any atom is -0.478 e. The van der Waals surface area contributed by atoms with Crippen LogP contribution in [0.1, 0.15) is 37.9 Å². The molecule has 1 aromatic rings. The van der Waals surface area contributed by atoms with Crippen molar-refractivity contribution >= 4 is 11.6 Å². The lowest BCUT2D eigenvalue weighted by molar-refractivity contribution is 0.297. The molecule has 1 heterocycles. The van der Waals surface area contributed by atoms with Crippen molar-refractivity contribution in [2.24, 2.45) is 0 Å². The third-order valence-electron chi connectivity index (χ3n) is 2.18. The minimum absolute atomic E-state index is 0.514. The molecule has 0 aliphatic rings. The van der Waals surface area contributed by atoms with Crippen molar-refractivity contribution in [1.82, 2.24) is 4.98 Å². The normalized spacial score (nSPS) is 10.3. The van der Waals surface area contributed by atoms with Crippen LogP contribution in [0.25, 0.3) is 0 Å². The Hall–Kier alpha value is -0.760. The van der Waals surface area contributed by atoms with Crippen LogP contribution < -0.4 is 4.74 Å². The molecule has 2 nitrogen and oxygen atoms in total. The molecular weight excluding hydrogens is 210 g/mol. The summed E-state index contributed by atoms with van der Waals surface area (Å²) in [5.41, 5.74) is 2.12. The van der Waals surface area contributed by atoms with E-state index in [-0.39, 0.29) is 0 Å². The number of aromatic nitrogens is 1. The van der Waals surface area contributed by atoms with E-state index in [0.717, 1.165) is 37.1 Å². The fourth-order valence-corrected chi connectivity index (χ4v) is 1.43. The Bertz CT molecular complexity index is 279. The topological polar surface area (TPSA) is 22.1 Å². The number of rotatable bonds is 6. The van der Waals surface area contributed by atoms with Gasteiger partial charge in [0.1, 0.15) is 0 Å². The van der Waals surface area contributed by atoms with Gasteiger partial charge in [-0.3, -0.25) is 0 Å². The van der Waals surface area contributed by atoms with Crippen molar-refractivity contribution in [2.45, 2.75) is 39.0 Å². The number of hydrogen-bond donors (Lipinski definition) is 0. The van der Waals surface area contributed by atoms with Gasteiger partial charge >= 0.3 is 0 Å². The molecule has 0 saturated carbocycles. The molecule has 0 aliphatic heterocycles. The maximum Gasteiger partial charge on any atom is 0.213 e. The van der Waals surface area contributed by atoms with Gasteiger partial charge < -0.3 is 4.74 Å². The molecule has 1 rings (SSSR count). The average Bonchev–Trinajstić information content (AvgIpc) is 2.29. The molecule has 1 aromatic heterocycles. The Morgan fingerprint density at radius 2 is 2.13 bits per heavy atom. The monoisotopic (exact) mass is 227 g/mol. The summed E-state index contributed by atoms with van der Waals surface area (Å²) >= 11 is 5.81. The first-order chi connectivity index (χ1) is 7.30. The SMILES string of the molecule is CCCCOc1cc(CCl)cc(CC)n1. The highest BCUT2D eigenvalue weighted by atomic mass is 35.5. The van der Waals surface area contributed by atoms with E-state index in [4.69, 9.17) is 16.3 Å². The molecule has 0 bridgehead atoms. The van der Waals surface area contributed by atoms with Crippen molar-refractivity contribution in [3.8, 4) is 5.88 Å². The van der Waals surface area contributed by atoms with Crippen LogP contribution in [0.2, 0.25) is 0 Å². The van der Waals surface area contributed by atoms with Crippen molar-refractivity contribution < 1.29 is 4.74 Å². The molecule has 0 N–H and O–H groups in total. The summed E-state index contributed by atoms with van der Waals surface area (Å²) < 4.78 is 5.56. The number of alkyl halides is 1. The van der Waals surface area contributed by atoms with Gasteiger partial charge in [0, 0.05) is 17.6 Å². The highest BCUT2D eigenvalue weighted by molar-refractivity contribution is 6.17. The number of pyridine rings is 1. The second-order valence-electron chi connectivity index (χ2n) is 3.49. The van der Waals surface area contributed by atoms with Crippen LogP contribution in [0.5, 0.6) is 5.88 Å². The van der Waals surface area contributed by atoms with Crippen molar-refractivity contribution in [2.75, 3.05) is 6.61 Å². The van der Waals surface area contributed by atoms with Crippen LogP contribution in [0.4, 0.5) is 0 Å². The van der Waals surface area contributed by atoms with Gasteiger partial charge in [-0.2, -0.15) is 0 Å². The Morgan fingerprint density at radius 1 is 1.33 bits per heavy atom. The van der Waals surface area contributed by atoms with Crippen LogP contribution in [0, 0.1) is 0 Å². The Labute approximate surface area is 96.6 Å². The van der Waals surface area contributed by atoms with Gasteiger partial charge in [-0.15, -0.1) is 11.6 Å². The van der Waals surface area contributed by atoms with Crippen LogP contribution in [-0.2, 0) is 12.3 Å². The highest BCUT2D eigenvalue weighted by Gasteiger charge is 2.01. The van der Waals surface area contributed by atoms with Gasteiger partial charge in [-0.1, -0.05) is 20.3 Å². The number of hydrogen-bond acceptors (Lipinski definition) is 2. The summed E-state index contributed by atoms with van der Waals surface area (Å²) in [7, 11) is 0. The predicted octanol–water partition coefficient (Wildman–Crippen LogP) is 3.56. The maximum atomic E-state index is 5.81. The van der Waals surface area contributed by atoms with Gasteiger partial charge in [-0.05, 0) is 24.5 Å². The molecule has 0 spiro atoms. The molecule has 0 amide bonds. The van der Waals surface area contributed by atoms with E-state index in [2.05, 4.69) is 18.8 Å². The molecule has 0 aliphatic carbocycles. The van der Waals surface area contributed by atoms with E-state index >= 15 is 0 Å². The highest BCUT2D eigenvalue weighted by Crippen LogP contribution is 2.15. The van der Waals surface area contributed by atoms with E-state index in [1.807, 2.05) is 12.1 Å². The smallest absolute Gasteiger partial charge is 0.213 e. The summed E-state index contributed by atoms with van der Waals surface area (Å²) in [6.45, 7) is 4.96. The van der Waals surface area contributed by atoms with Gasteiger partial charge in [0.15, 0.2) is 0 Å². The first-order valence-electron chi connectivity index (χ1n) is 5.48. The first kappa shape index (κ1) is 12.3. The molecule has 0 fully saturated rings. The van der Waals surface area contributed by atoms with E-state index < -0.39 is 0 Å². The molecule has 3 heteroatoms. The summed E-state index contributed by atoms with van der Waals surface area (Å²) in [6.07, 6.45) is 3.11. The zero-order valence-corrected chi connectivity index (χ0v) is 10.2. The lowest BCUT2D eigenvalue weighted by Crippen LogP contribution is -2.01. The van der Waals surface area contributed by atoms with E-state index in [0.29, 0.717) is 11.8 Å². The van der Waals surface area contributed by atoms with Crippen LogP contribution in [0.15, 0.2) is 12.1 Å². The molecule has 0 aromatic carbocycles. The number of aryl methyl sites for hydroxylation is 1. The lowest BCUT2D eigenvalue weighted by Gasteiger charge is -2.07. The minimum atomic E-state index is 0.514. The number of ether oxygens (including phenoxy) is 1. The quantitative estimate of drug-likeness (QED) is 0.548. The molecule has 84 valence electrons. The zero-order chi connectivity index (χ0) is 11.1. The van der Waals surface area contributed by atoms with E-state index in [9.17, 15) is 0 Å². The standard InChI is InChI=1S/C12H18ClNO/c1-3-5-6-15-12-8-10(9-13)7-11(4-2)14-12/h7-8H,3-6,9H2,1-2H3. The third-order valence-corrected chi connectivity index (χ3v) is 2.49. The second kappa shape index (κ2) is 6.67. The van der Waals surface area contributed by atoms with Crippen molar-refractivity contribution in [3.05, 3.63) is 23.4 Å². The molecular formula is C12H18ClNO. The van der Waals surface area contributed by atoms with Gasteiger partial charge in [0.2, 0.25) is 5.88 Å². The molecule has 0 radical (unpaired) electrons. The molecule has 0 atom stereocenters. The number of nitrogens with zero attached hydrogens (tertiary/aromatic N) is 1. The summed E-state index contributed by atoms with van der Waals surface area (Å²) in [4.78, 5) is 4.39. The van der Waals surface area contributed by atoms with Crippen LogP contribution in [0.3, 0.4) is 0 Å².